The van der Waals surface area contributed by atoms with Crippen LogP contribution in [0, 0.1) is 0 Å². The number of ether oxygens (including phenoxy) is 1. The van der Waals surface area contributed by atoms with E-state index in [2.05, 4.69) is 10.6 Å². The Morgan fingerprint density at radius 1 is 1.13 bits per heavy atom. The molecule has 10 nitrogen and oxygen atoms in total. The summed E-state index contributed by atoms with van der Waals surface area (Å²) >= 11 is 0. The van der Waals surface area contributed by atoms with Gasteiger partial charge in [0.25, 0.3) is 5.56 Å². The van der Waals surface area contributed by atoms with Crippen molar-refractivity contribution < 1.29 is 18.7 Å². The summed E-state index contributed by atoms with van der Waals surface area (Å²) in [6, 6.07) is 6.87. The molecule has 1 fully saturated rings. The number of likely N-dealkylation sites (N-methyl/N-ethyl adjacent to an activating group) is 1. The monoisotopic (exact) mass is 414 g/mol. The van der Waals surface area contributed by atoms with E-state index in [4.69, 9.17) is 9.15 Å². The Labute approximate surface area is 170 Å². The Morgan fingerprint density at radius 3 is 2.63 bits per heavy atom. The minimum atomic E-state index is -0.755. The van der Waals surface area contributed by atoms with Gasteiger partial charge in [0.1, 0.15) is 24.2 Å². The summed E-state index contributed by atoms with van der Waals surface area (Å²) in [5.74, 6) is -0.914. The molecule has 30 heavy (non-hydrogen) atoms. The van der Waals surface area contributed by atoms with Crippen LogP contribution >= 0.6 is 0 Å². The Kier molecular flexibility index (Phi) is 5.40. The average Bonchev–Trinajstić information content (AvgIpc) is 3.40. The molecule has 4 rings (SSSR count). The fraction of sp³-hybridized carbons (Fsp3) is 0.400. The van der Waals surface area contributed by atoms with Gasteiger partial charge in [-0.15, -0.1) is 0 Å². The molecule has 0 unspecified atom stereocenters. The predicted octanol–water partition coefficient (Wildman–Crippen LogP) is -0.0494. The van der Waals surface area contributed by atoms with Crippen LogP contribution in [-0.4, -0.2) is 47.3 Å². The van der Waals surface area contributed by atoms with Crippen molar-refractivity contribution in [1.29, 1.82) is 0 Å². The molecule has 1 aromatic carbocycles. The zero-order chi connectivity index (χ0) is 21.3. The van der Waals surface area contributed by atoms with Crippen molar-refractivity contribution in [3.63, 3.8) is 0 Å². The third-order valence-electron chi connectivity index (χ3n) is 5.17. The quantitative estimate of drug-likeness (QED) is 0.583. The minimum Gasteiger partial charge on any atom is -0.449 e. The second kappa shape index (κ2) is 8.15. The lowest BCUT2D eigenvalue weighted by Gasteiger charge is -2.13. The molecule has 0 aliphatic carbocycles. The van der Waals surface area contributed by atoms with Crippen LogP contribution in [0.5, 0.6) is 0 Å². The third-order valence-corrected chi connectivity index (χ3v) is 5.17. The van der Waals surface area contributed by atoms with E-state index in [0.29, 0.717) is 24.1 Å². The second-order valence-corrected chi connectivity index (χ2v) is 7.15. The zero-order valence-corrected chi connectivity index (χ0v) is 16.5. The Bertz CT molecular complexity index is 1230. The largest absolute Gasteiger partial charge is 0.449 e. The molecule has 3 heterocycles. The van der Waals surface area contributed by atoms with Crippen LogP contribution in [0.25, 0.3) is 22.1 Å². The molecule has 2 N–H and O–H groups in total. The number of benzene rings is 1. The van der Waals surface area contributed by atoms with E-state index in [9.17, 15) is 19.2 Å². The van der Waals surface area contributed by atoms with Crippen molar-refractivity contribution in [1.82, 2.24) is 19.8 Å². The summed E-state index contributed by atoms with van der Waals surface area (Å²) in [4.78, 5) is 50.4. The van der Waals surface area contributed by atoms with E-state index in [1.165, 1.54) is 11.6 Å². The Balaban J connectivity index is 1.79. The smallest absolute Gasteiger partial charge is 0.332 e. The number of para-hydroxylation sites is 1. The maximum atomic E-state index is 13.1. The van der Waals surface area contributed by atoms with Crippen LogP contribution in [0.2, 0.25) is 0 Å². The maximum absolute atomic E-state index is 13.1. The number of nitrogens with zero attached hydrogens (tertiary/aromatic N) is 2. The van der Waals surface area contributed by atoms with Crippen LogP contribution in [0.3, 0.4) is 0 Å². The van der Waals surface area contributed by atoms with Crippen LogP contribution in [0.4, 0.5) is 0 Å². The van der Waals surface area contributed by atoms with Gasteiger partial charge in [-0.25, -0.2) is 9.36 Å². The first-order valence-electron chi connectivity index (χ1n) is 9.73. The van der Waals surface area contributed by atoms with Gasteiger partial charge in [0, 0.05) is 25.6 Å². The average molecular weight is 414 g/mol. The van der Waals surface area contributed by atoms with Crippen molar-refractivity contribution >= 4 is 33.9 Å². The molecule has 10 heteroatoms. The minimum absolute atomic E-state index is 0.0392. The first-order valence-corrected chi connectivity index (χ1v) is 9.73. The zero-order valence-electron chi connectivity index (χ0n) is 16.5. The van der Waals surface area contributed by atoms with E-state index in [0.717, 1.165) is 17.4 Å². The summed E-state index contributed by atoms with van der Waals surface area (Å²) in [5.41, 5.74) is -0.899. The van der Waals surface area contributed by atoms with Gasteiger partial charge in [0.2, 0.25) is 17.4 Å². The number of aromatic nitrogens is 2. The van der Waals surface area contributed by atoms with Crippen molar-refractivity contribution in [2.45, 2.75) is 32.0 Å². The molecule has 158 valence electrons. The first-order chi connectivity index (χ1) is 14.5. The Hall–Kier alpha value is -3.40. The summed E-state index contributed by atoms with van der Waals surface area (Å²) < 4.78 is 13.1. The predicted molar refractivity (Wildman–Crippen MR) is 108 cm³/mol. The van der Waals surface area contributed by atoms with Gasteiger partial charge in [0.05, 0.1) is 6.10 Å². The van der Waals surface area contributed by atoms with Gasteiger partial charge < -0.3 is 19.8 Å². The number of rotatable bonds is 6. The van der Waals surface area contributed by atoms with E-state index in [-0.39, 0.29) is 23.7 Å². The molecular weight excluding hydrogens is 392 g/mol. The molecular formula is C20H22N4O6. The molecule has 1 aliphatic heterocycles. The Morgan fingerprint density at radius 2 is 1.90 bits per heavy atom. The first kappa shape index (κ1) is 19.9. The third kappa shape index (κ3) is 3.61. The van der Waals surface area contributed by atoms with E-state index < -0.39 is 29.6 Å². The SMILES string of the molecule is CNC(=O)Cn1c(=O)c2oc3ccccc3c2n(CC(=O)NC[C@@H]2CCCO2)c1=O. The summed E-state index contributed by atoms with van der Waals surface area (Å²) in [7, 11) is 1.41. The number of furan rings is 1. The van der Waals surface area contributed by atoms with Gasteiger partial charge in [-0.2, -0.15) is 0 Å². The van der Waals surface area contributed by atoms with Gasteiger partial charge in [-0.3, -0.25) is 19.0 Å². The van der Waals surface area contributed by atoms with Crippen LogP contribution in [-0.2, 0) is 27.4 Å². The van der Waals surface area contributed by atoms with Gasteiger partial charge in [-0.1, -0.05) is 12.1 Å². The summed E-state index contributed by atoms with van der Waals surface area (Å²) in [5, 5.41) is 5.70. The molecule has 3 aromatic rings. The molecule has 0 saturated carbocycles. The van der Waals surface area contributed by atoms with Crippen LogP contribution < -0.4 is 21.9 Å². The molecule has 1 aliphatic rings. The number of hydrogen-bond donors (Lipinski definition) is 2. The van der Waals surface area contributed by atoms with E-state index in [1.807, 2.05) is 0 Å². The lowest BCUT2D eigenvalue weighted by molar-refractivity contribution is -0.122. The second-order valence-electron chi connectivity index (χ2n) is 7.15. The number of carbonyl (C=O) groups is 2. The fourth-order valence-corrected chi connectivity index (χ4v) is 3.64. The molecule has 2 amide bonds. The van der Waals surface area contributed by atoms with Gasteiger partial charge in [0.15, 0.2) is 0 Å². The van der Waals surface area contributed by atoms with E-state index in [1.54, 1.807) is 24.3 Å². The molecule has 0 spiro atoms. The van der Waals surface area contributed by atoms with Crippen molar-refractivity contribution in [3.05, 3.63) is 45.1 Å². The molecule has 1 saturated heterocycles. The van der Waals surface area contributed by atoms with E-state index >= 15 is 0 Å². The lowest BCUT2D eigenvalue weighted by atomic mass is 10.2. The highest BCUT2D eigenvalue weighted by Crippen LogP contribution is 2.25. The van der Waals surface area contributed by atoms with Crippen molar-refractivity contribution in [3.8, 4) is 0 Å². The highest BCUT2D eigenvalue weighted by atomic mass is 16.5. The number of amides is 2. The number of nitrogens with one attached hydrogen (secondary N) is 2. The summed E-state index contributed by atoms with van der Waals surface area (Å²) in [6.07, 6.45) is 1.78. The van der Waals surface area contributed by atoms with Gasteiger partial charge >= 0.3 is 5.69 Å². The van der Waals surface area contributed by atoms with Crippen LogP contribution in [0.1, 0.15) is 12.8 Å². The molecule has 0 radical (unpaired) electrons. The summed E-state index contributed by atoms with van der Waals surface area (Å²) in [6.45, 7) is 0.227. The maximum Gasteiger partial charge on any atom is 0.332 e. The molecule has 2 aromatic heterocycles. The number of carbonyl (C=O) groups excluding carboxylic acids is 2. The highest BCUT2D eigenvalue weighted by Gasteiger charge is 2.23. The highest BCUT2D eigenvalue weighted by molar-refractivity contribution is 6.02. The fourth-order valence-electron chi connectivity index (χ4n) is 3.64. The normalized spacial score (nSPS) is 16.2. The number of fused-ring (bicyclic) bond motifs is 3. The van der Waals surface area contributed by atoms with Crippen molar-refractivity contribution in [2.75, 3.05) is 20.2 Å². The standard InChI is InChI=1S/C20H22N4O6/c1-21-15(25)10-24-19(27)18-17(13-6-2-3-7-14(13)30-18)23(20(24)28)11-16(26)22-9-12-5-4-8-29-12/h2-3,6-7,12H,4-5,8-11H2,1H3,(H,21,25)(H,22,26)/t12-/m0/s1. The number of hydrogen-bond acceptors (Lipinski definition) is 6. The van der Waals surface area contributed by atoms with Gasteiger partial charge in [-0.05, 0) is 25.0 Å². The van der Waals surface area contributed by atoms with Crippen molar-refractivity contribution in [2.24, 2.45) is 0 Å². The molecule has 0 bridgehead atoms. The topological polar surface area (TPSA) is 125 Å². The lowest BCUT2D eigenvalue weighted by Crippen LogP contribution is -2.45. The van der Waals surface area contributed by atoms with Crippen LogP contribution in [0.15, 0.2) is 38.3 Å². The molecule has 1 atom stereocenters.